The van der Waals surface area contributed by atoms with Crippen LogP contribution in [0.25, 0.3) is 0 Å². The number of aliphatic carboxylic acids is 1. The number of phosphoric ester groups is 1. The molecular weight excluding hydrogens is 765 g/mol. The maximum Gasteiger partial charge on any atom is 0.472 e. The smallest absolute Gasteiger partial charge is 0.472 e. The number of carbonyl (C=O) groups excluding carboxylic acids is 1. The molecule has 0 fully saturated rings. The highest BCUT2D eigenvalue weighted by Crippen LogP contribution is 2.43. The fourth-order valence-corrected chi connectivity index (χ4v) is 7.71. The Morgan fingerprint density at radius 3 is 1.39 bits per heavy atom. The molecular formula is C48H92NO9P. The number of ether oxygens (including phenoxy) is 2. The number of hydrogen-bond acceptors (Lipinski definition) is 8. The Morgan fingerprint density at radius 1 is 0.542 bits per heavy atom. The van der Waals surface area contributed by atoms with Crippen LogP contribution in [0.1, 0.15) is 232 Å². The third kappa shape index (κ3) is 44.3. The minimum absolute atomic E-state index is 0.0171. The summed E-state index contributed by atoms with van der Waals surface area (Å²) in [5.41, 5.74) is 5.37. The lowest BCUT2D eigenvalue weighted by Gasteiger charge is -2.20. The van der Waals surface area contributed by atoms with E-state index in [9.17, 15) is 19.0 Å². The molecule has 348 valence electrons. The summed E-state index contributed by atoms with van der Waals surface area (Å²) in [6.45, 7) is 3.89. The van der Waals surface area contributed by atoms with Gasteiger partial charge in [0.15, 0.2) is 0 Å². The summed E-state index contributed by atoms with van der Waals surface area (Å²) < 4.78 is 33.5. The number of phosphoric acid groups is 1. The number of hydrogen-bond donors (Lipinski definition) is 3. The average molecular weight is 858 g/mol. The van der Waals surface area contributed by atoms with Crippen molar-refractivity contribution in [1.82, 2.24) is 0 Å². The molecule has 3 atom stereocenters. The maximum atomic E-state index is 12.7. The predicted octanol–water partition coefficient (Wildman–Crippen LogP) is 13.9. The van der Waals surface area contributed by atoms with E-state index >= 15 is 0 Å². The zero-order valence-electron chi connectivity index (χ0n) is 38.1. The van der Waals surface area contributed by atoms with Crippen LogP contribution in [0.15, 0.2) is 24.3 Å². The Hall–Kier alpha value is -1.55. The van der Waals surface area contributed by atoms with Gasteiger partial charge in [-0.15, -0.1) is 0 Å². The molecule has 0 saturated carbocycles. The van der Waals surface area contributed by atoms with E-state index in [1.54, 1.807) is 0 Å². The lowest BCUT2D eigenvalue weighted by Crippen LogP contribution is -2.34. The van der Waals surface area contributed by atoms with Crippen molar-refractivity contribution >= 4 is 19.8 Å². The van der Waals surface area contributed by atoms with E-state index in [1.807, 2.05) is 0 Å². The Bertz CT molecular complexity index is 1040. The molecule has 0 aromatic heterocycles. The highest BCUT2D eigenvalue weighted by Gasteiger charge is 2.27. The van der Waals surface area contributed by atoms with Crippen LogP contribution < -0.4 is 5.73 Å². The number of unbranched alkanes of at least 4 members (excludes halogenated alkanes) is 29. The summed E-state index contributed by atoms with van der Waals surface area (Å²) in [5, 5.41) is 8.92. The third-order valence-corrected chi connectivity index (χ3v) is 11.7. The second-order valence-corrected chi connectivity index (χ2v) is 18.1. The first kappa shape index (κ1) is 57.4. The van der Waals surface area contributed by atoms with E-state index in [1.165, 1.54) is 161 Å². The monoisotopic (exact) mass is 858 g/mol. The van der Waals surface area contributed by atoms with Crippen LogP contribution in [0.5, 0.6) is 0 Å². The lowest BCUT2D eigenvalue weighted by molar-refractivity contribution is -0.154. The number of rotatable bonds is 47. The third-order valence-electron chi connectivity index (χ3n) is 10.7. The summed E-state index contributed by atoms with van der Waals surface area (Å²) in [6, 6.07) is -1.47. The van der Waals surface area contributed by atoms with Crippen molar-refractivity contribution in [2.24, 2.45) is 5.73 Å². The molecule has 4 N–H and O–H groups in total. The van der Waals surface area contributed by atoms with E-state index < -0.39 is 45.1 Å². The van der Waals surface area contributed by atoms with Gasteiger partial charge in [0.05, 0.1) is 19.8 Å². The fourth-order valence-electron chi connectivity index (χ4n) is 6.93. The van der Waals surface area contributed by atoms with Crippen molar-refractivity contribution in [1.29, 1.82) is 0 Å². The molecule has 0 aromatic carbocycles. The van der Waals surface area contributed by atoms with E-state index in [-0.39, 0.29) is 13.0 Å². The molecule has 0 aliphatic heterocycles. The normalized spacial score (nSPS) is 14.0. The Kier molecular flexibility index (Phi) is 43.3. The summed E-state index contributed by atoms with van der Waals surface area (Å²) in [4.78, 5) is 33.6. The van der Waals surface area contributed by atoms with Crippen LogP contribution >= 0.6 is 7.82 Å². The van der Waals surface area contributed by atoms with Gasteiger partial charge < -0.3 is 25.2 Å². The topological polar surface area (TPSA) is 155 Å². The second kappa shape index (κ2) is 44.5. The lowest BCUT2D eigenvalue weighted by atomic mass is 10.0. The number of carboxylic acids is 1. The quantitative estimate of drug-likeness (QED) is 0.0233. The van der Waals surface area contributed by atoms with Gasteiger partial charge in [-0.1, -0.05) is 205 Å². The molecule has 3 unspecified atom stereocenters. The van der Waals surface area contributed by atoms with E-state index in [4.69, 9.17) is 29.4 Å². The van der Waals surface area contributed by atoms with Crippen LogP contribution in [0.4, 0.5) is 0 Å². The largest absolute Gasteiger partial charge is 0.480 e. The Labute approximate surface area is 362 Å². The van der Waals surface area contributed by atoms with E-state index in [0.717, 1.165) is 51.4 Å². The van der Waals surface area contributed by atoms with Gasteiger partial charge in [-0.25, -0.2) is 4.57 Å². The average Bonchev–Trinajstić information content (AvgIpc) is 3.21. The highest BCUT2D eigenvalue weighted by atomic mass is 31.2. The minimum atomic E-state index is -4.62. The molecule has 0 aromatic rings. The summed E-state index contributed by atoms with van der Waals surface area (Å²) >= 11 is 0. The molecule has 0 spiro atoms. The SMILES string of the molecule is CCCCCC/C=C\C/C=C\CCCCCCCCCCOCC(COP(=O)(O)OCC(N)C(=O)O)OC(=O)CCCCCCCCCCCCCCCCCCCC. The molecule has 0 saturated heterocycles. The maximum absolute atomic E-state index is 12.7. The molecule has 0 heterocycles. The predicted molar refractivity (Wildman–Crippen MR) is 245 cm³/mol. The number of esters is 1. The summed E-state index contributed by atoms with van der Waals surface area (Å²) in [6.07, 6.45) is 49.4. The van der Waals surface area contributed by atoms with Gasteiger partial charge in [0.1, 0.15) is 12.1 Å². The van der Waals surface area contributed by atoms with Crippen LogP contribution in [-0.2, 0) is 32.7 Å². The highest BCUT2D eigenvalue weighted by molar-refractivity contribution is 7.47. The molecule has 0 rings (SSSR count). The second-order valence-electron chi connectivity index (χ2n) is 16.6. The van der Waals surface area contributed by atoms with Gasteiger partial charge >= 0.3 is 19.8 Å². The fraction of sp³-hybridized carbons (Fsp3) is 0.875. The van der Waals surface area contributed by atoms with Gasteiger partial charge in [0, 0.05) is 13.0 Å². The number of nitrogens with two attached hydrogens (primary N) is 1. The van der Waals surface area contributed by atoms with Crippen molar-refractivity contribution in [3.05, 3.63) is 24.3 Å². The molecule has 10 nitrogen and oxygen atoms in total. The molecule has 0 amide bonds. The first-order valence-electron chi connectivity index (χ1n) is 24.4. The van der Waals surface area contributed by atoms with Gasteiger partial charge in [0.2, 0.25) is 0 Å². The number of carbonyl (C=O) groups is 2. The Balaban J connectivity index is 4.16. The minimum Gasteiger partial charge on any atom is -0.480 e. The van der Waals surface area contributed by atoms with E-state index in [0.29, 0.717) is 6.61 Å². The number of allylic oxidation sites excluding steroid dienone is 4. The standard InChI is InChI=1S/C48H92NO9P/c1-3-5-7-9-11-13-15-17-19-21-23-25-27-29-31-33-35-37-39-41-55-42-45(43-56-59(53,54)57-44-46(49)48(51)52)58-47(50)40-38-36-34-32-30-28-26-24-22-20-18-16-14-12-10-8-6-4-2/h13,15,19,21,45-46H,3-12,14,16-18,20,22-44,49H2,1-2H3,(H,51,52)(H,53,54)/b15-13-,21-19-. The number of carboxylic acid groups (broad SMARTS) is 1. The zero-order valence-corrected chi connectivity index (χ0v) is 39.0. The summed E-state index contributed by atoms with van der Waals surface area (Å²) in [7, 11) is -4.62. The Morgan fingerprint density at radius 2 is 0.932 bits per heavy atom. The molecule has 0 aliphatic rings. The van der Waals surface area contributed by atoms with E-state index in [2.05, 4.69) is 38.2 Å². The zero-order chi connectivity index (χ0) is 43.3. The van der Waals surface area contributed by atoms with Gasteiger partial charge in [-0.3, -0.25) is 18.6 Å². The summed E-state index contributed by atoms with van der Waals surface area (Å²) in [5.74, 6) is -1.77. The molecule has 0 aliphatic carbocycles. The van der Waals surface area contributed by atoms with Crippen LogP contribution in [-0.4, -0.2) is 60.5 Å². The molecule has 59 heavy (non-hydrogen) atoms. The van der Waals surface area contributed by atoms with Crippen LogP contribution in [0, 0.1) is 0 Å². The van der Waals surface area contributed by atoms with Crippen LogP contribution in [0.2, 0.25) is 0 Å². The molecule has 11 heteroatoms. The van der Waals surface area contributed by atoms with Crippen molar-refractivity contribution in [3.8, 4) is 0 Å². The van der Waals surface area contributed by atoms with Crippen LogP contribution in [0.3, 0.4) is 0 Å². The van der Waals surface area contributed by atoms with Crippen molar-refractivity contribution < 1.29 is 42.7 Å². The first-order chi connectivity index (χ1) is 28.7. The first-order valence-corrected chi connectivity index (χ1v) is 25.9. The van der Waals surface area contributed by atoms with Crippen molar-refractivity contribution in [3.63, 3.8) is 0 Å². The van der Waals surface area contributed by atoms with Crippen molar-refractivity contribution in [2.45, 2.75) is 244 Å². The molecule has 0 bridgehead atoms. The van der Waals surface area contributed by atoms with Gasteiger partial charge in [0.25, 0.3) is 0 Å². The van der Waals surface area contributed by atoms with Gasteiger partial charge in [-0.05, 0) is 44.9 Å². The van der Waals surface area contributed by atoms with Gasteiger partial charge in [-0.2, -0.15) is 0 Å². The molecule has 0 radical (unpaired) electrons. The van der Waals surface area contributed by atoms with Crippen molar-refractivity contribution in [2.75, 3.05) is 26.4 Å².